The van der Waals surface area contributed by atoms with Crippen molar-refractivity contribution in [2.24, 2.45) is 0 Å². The fourth-order valence-corrected chi connectivity index (χ4v) is 1.77. The number of hydrogen-bond acceptors (Lipinski definition) is 3. The maximum absolute atomic E-state index is 13.3. The van der Waals surface area contributed by atoms with Crippen LogP contribution in [0.5, 0.6) is 0 Å². The first-order valence-corrected chi connectivity index (χ1v) is 6.42. The molecule has 0 aliphatic heterocycles. The highest BCUT2D eigenvalue weighted by Crippen LogP contribution is 2.20. The molecule has 2 rings (SSSR count). The van der Waals surface area contributed by atoms with E-state index in [1.165, 1.54) is 18.2 Å². The van der Waals surface area contributed by atoms with Crippen LogP contribution in [0.3, 0.4) is 0 Å². The number of esters is 1. The van der Waals surface area contributed by atoms with Crippen LogP contribution in [0.25, 0.3) is 0 Å². The highest BCUT2D eigenvalue weighted by molar-refractivity contribution is 6.33. The molecule has 0 unspecified atom stereocenters. The summed E-state index contributed by atoms with van der Waals surface area (Å²) in [5.41, 5.74) is 0.189. The van der Waals surface area contributed by atoms with Gasteiger partial charge in [0.1, 0.15) is 5.82 Å². The van der Waals surface area contributed by atoms with Crippen molar-refractivity contribution in [2.75, 3.05) is 11.9 Å². The van der Waals surface area contributed by atoms with Crippen molar-refractivity contribution in [3.05, 3.63) is 64.9 Å². The van der Waals surface area contributed by atoms with Gasteiger partial charge in [0.25, 0.3) is 5.91 Å². The minimum Gasteiger partial charge on any atom is -0.452 e. The average molecular weight is 308 g/mol. The molecule has 0 radical (unpaired) electrons. The van der Waals surface area contributed by atoms with Gasteiger partial charge < -0.3 is 10.1 Å². The van der Waals surface area contributed by atoms with Crippen molar-refractivity contribution in [2.45, 2.75) is 0 Å². The predicted octanol–water partition coefficient (Wildman–Crippen LogP) is 3.27. The van der Waals surface area contributed by atoms with Gasteiger partial charge in [-0.3, -0.25) is 4.79 Å². The average Bonchev–Trinajstić information content (AvgIpc) is 2.48. The summed E-state index contributed by atoms with van der Waals surface area (Å²) < 4.78 is 18.1. The number of para-hydroxylation sites is 1. The normalized spacial score (nSPS) is 10.0. The second kappa shape index (κ2) is 6.85. The Hall–Kier alpha value is -2.40. The molecule has 0 aliphatic rings. The SMILES string of the molecule is O=C(COC(=O)c1ccccc1F)Nc1ccccc1Cl. The van der Waals surface area contributed by atoms with Crippen LogP contribution in [-0.4, -0.2) is 18.5 Å². The fourth-order valence-electron chi connectivity index (χ4n) is 1.58. The number of rotatable bonds is 4. The summed E-state index contributed by atoms with van der Waals surface area (Å²) in [6.07, 6.45) is 0. The van der Waals surface area contributed by atoms with E-state index in [-0.39, 0.29) is 5.56 Å². The Morgan fingerprint density at radius 2 is 1.76 bits per heavy atom. The van der Waals surface area contributed by atoms with Crippen LogP contribution in [-0.2, 0) is 9.53 Å². The molecule has 0 saturated carbocycles. The van der Waals surface area contributed by atoms with Crippen molar-refractivity contribution in [1.29, 1.82) is 0 Å². The predicted molar refractivity (Wildman–Crippen MR) is 76.8 cm³/mol. The van der Waals surface area contributed by atoms with Crippen LogP contribution in [0.15, 0.2) is 48.5 Å². The Bertz CT molecular complexity index is 675. The molecule has 0 atom stereocenters. The number of carbonyl (C=O) groups excluding carboxylic acids is 2. The Balaban J connectivity index is 1.91. The lowest BCUT2D eigenvalue weighted by Crippen LogP contribution is -2.21. The van der Waals surface area contributed by atoms with E-state index in [9.17, 15) is 14.0 Å². The van der Waals surface area contributed by atoms with Crippen LogP contribution in [0.1, 0.15) is 10.4 Å². The Morgan fingerprint density at radius 3 is 2.48 bits per heavy atom. The number of hydrogen-bond donors (Lipinski definition) is 1. The van der Waals surface area contributed by atoms with Gasteiger partial charge in [0.05, 0.1) is 16.3 Å². The molecule has 0 bridgehead atoms. The molecule has 0 spiro atoms. The van der Waals surface area contributed by atoms with E-state index < -0.39 is 24.3 Å². The maximum atomic E-state index is 13.3. The molecular weight excluding hydrogens is 297 g/mol. The molecule has 0 heterocycles. The minimum absolute atomic E-state index is 0.219. The number of anilines is 1. The van der Waals surface area contributed by atoms with Gasteiger partial charge in [-0.2, -0.15) is 0 Å². The zero-order chi connectivity index (χ0) is 15.2. The second-order valence-electron chi connectivity index (χ2n) is 4.08. The van der Waals surface area contributed by atoms with E-state index in [0.29, 0.717) is 10.7 Å². The molecule has 0 saturated heterocycles. The summed E-state index contributed by atoms with van der Waals surface area (Å²) in [4.78, 5) is 23.3. The van der Waals surface area contributed by atoms with Gasteiger partial charge in [-0.05, 0) is 24.3 Å². The van der Waals surface area contributed by atoms with Gasteiger partial charge in [0.2, 0.25) is 0 Å². The number of nitrogens with one attached hydrogen (secondary N) is 1. The van der Waals surface area contributed by atoms with Gasteiger partial charge in [0, 0.05) is 0 Å². The lowest BCUT2D eigenvalue weighted by Gasteiger charge is -2.08. The van der Waals surface area contributed by atoms with Crippen molar-refractivity contribution < 1.29 is 18.7 Å². The largest absolute Gasteiger partial charge is 0.452 e. The Morgan fingerprint density at radius 1 is 1.10 bits per heavy atom. The topological polar surface area (TPSA) is 55.4 Å². The molecule has 1 N–H and O–H groups in total. The quantitative estimate of drug-likeness (QED) is 0.882. The molecule has 0 aliphatic carbocycles. The van der Waals surface area contributed by atoms with Gasteiger partial charge in [-0.15, -0.1) is 0 Å². The second-order valence-corrected chi connectivity index (χ2v) is 4.49. The standard InChI is InChI=1S/C15H11ClFNO3/c16-11-6-2-4-8-13(11)18-14(19)9-21-15(20)10-5-1-3-7-12(10)17/h1-8H,9H2,(H,18,19). The monoisotopic (exact) mass is 307 g/mol. The zero-order valence-electron chi connectivity index (χ0n) is 10.8. The first kappa shape index (κ1) is 15.0. The molecule has 2 aromatic rings. The fraction of sp³-hybridized carbons (Fsp3) is 0.0667. The van der Waals surface area contributed by atoms with Crippen molar-refractivity contribution in [1.82, 2.24) is 0 Å². The summed E-state index contributed by atoms with van der Waals surface area (Å²) in [5, 5.41) is 2.86. The minimum atomic E-state index is -0.901. The van der Waals surface area contributed by atoms with Crippen LogP contribution >= 0.6 is 11.6 Å². The first-order chi connectivity index (χ1) is 10.1. The summed E-state index contributed by atoms with van der Waals surface area (Å²) >= 11 is 5.88. The molecule has 0 aromatic heterocycles. The van der Waals surface area contributed by atoms with Gasteiger partial charge in [-0.1, -0.05) is 35.9 Å². The smallest absolute Gasteiger partial charge is 0.341 e. The van der Waals surface area contributed by atoms with Crippen molar-refractivity contribution in [3.63, 3.8) is 0 Å². The summed E-state index contributed by atoms with van der Waals surface area (Å²) in [6, 6.07) is 12.0. The molecule has 21 heavy (non-hydrogen) atoms. The lowest BCUT2D eigenvalue weighted by molar-refractivity contribution is -0.119. The van der Waals surface area contributed by atoms with E-state index in [0.717, 1.165) is 6.07 Å². The van der Waals surface area contributed by atoms with Crippen LogP contribution < -0.4 is 5.32 Å². The molecule has 108 valence electrons. The Kier molecular flexibility index (Phi) is 4.90. The molecule has 6 heteroatoms. The summed E-state index contributed by atoms with van der Waals surface area (Å²) in [7, 11) is 0. The molecular formula is C15H11ClFNO3. The van der Waals surface area contributed by atoms with Crippen molar-refractivity contribution in [3.8, 4) is 0 Å². The number of benzene rings is 2. The van der Waals surface area contributed by atoms with E-state index in [2.05, 4.69) is 5.32 Å². The summed E-state index contributed by atoms with van der Waals surface area (Å²) in [6.45, 7) is -0.529. The zero-order valence-corrected chi connectivity index (χ0v) is 11.6. The van der Waals surface area contributed by atoms with Crippen LogP contribution in [0, 0.1) is 5.82 Å². The number of carbonyl (C=O) groups is 2. The van der Waals surface area contributed by atoms with E-state index >= 15 is 0 Å². The maximum Gasteiger partial charge on any atom is 0.341 e. The van der Waals surface area contributed by atoms with Crippen LogP contribution in [0.2, 0.25) is 5.02 Å². The molecule has 0 fully saturated rings. The number of amides is 1. The van der Waals surface area contributed by atoms with Gasteiger partial charge >= 0.3 is 5.97 Å². The molecule has 4 nitrogen and oxygen atoms in total. The first-order valence-electron chi connectivity index (χ1n) is 6.04. The highest BCUT2D eigenvalue weighted by atomic mass is 35.5. The number of halogens is 2. The van der Waals surface area contributed by atoms with E-state index in [1.807, 2.05) is 0 Å². The third-order valence-corrected chi connectivity index (χ3v) is 2.91. The third-order valence-electron chi connectivity index (χ3n) is 2.58. The van der Waals surface area contributed by atoms with Crippen LogP contribution in [0.4, 0.5) is 10.1 Å². The van der Waals surface area contributed by atoms with Crippen molar-refractivity contribution >= 4 is 29.2 Å². The Labute approximate surface area is 125 Å². The van der Waals surface area contributed by atoms with E-state index in [4.69, 9.17) is 16.3 Å². The lowest BCUT2D eigenvalue weighted by atomic mass is 10.2. The highest BCUT2D eigenvalue weighted by Gasteiger charge is 2.14. The molecule has 2 aromatic carbocycles. The van der Waals surface area contributed by atoms with Gasteiger partial charge in [-0.25, -0.2) is 9.18 Å². The van der Waals surface area contributed by atoms with Gasteiger partial charge in [0.15, 0.2) is 6.61 Å². The number of ether oxygens (including phenoxy) is 1. The van der Waals surface area contributed by atoms with E-state index in [1.54, 1.807) is 24.3 Å². The summed E-state index contributed by atoms with van der Waals surface area (Å²) in [5.74, 6) is -2.16. The third kappa shape index (κ3) is 4.03. The molecule has 1 amide bonds.